The summed E-state index contributed by atoms with van der Waals surface area (Å²) in [5.41, 5.74) is -0.0972. The number of para-hydroxylation sites is 1. The quantitative estimate of drug-likeness (QED) is 0.214. The molecule has 2 N–H and O–H groups in total. The zero-order chi connectivity index (χ0) is 28.2. The molecular formula is C27H35N3O8. The molecule has 0 aliphatic rings. The second kappa shape index (κ2) is 14.6. The standard InChI is InChI=1S/C27H35N3O8/c1-16(2)23(38-20-10-8-7-9-11-20)19(6)37-27(34)18(5)30-25(32)22-24(21(29-14-31)12-13-28-22)35-15-36-26(33)17(3)4/h7-14,16-19,23H,15H2,1-6H3,(H,30,32)(H,28,29,31). The number of aromatic nitrogens is 1. The monoisotopic (exact) mass is 529 g/mol. The van der Waals surface area contributed by atoms with Gasteiger partial charge in [0, 0.05) is 6.20 Å². The average molecular weight is 530 g/mol. The minimum Gasteiger partial charge on any atom is -0.486 e. The normalized spacial score (nSPS) is 13.2. The Morgan fingerprint density at radius 2 is 1.66 bits per heavy atom. The van der Waals surface area contributed by atoms with E-state index in [9.17, 15) is 19.2 Å². The molecule has 0 saturated carbocycles. The Kier molecular flexibility index (Phi) is 11.5. The van der Waals surface area contributed by atoms with E-state index in [4.69, 9.17) is 18.9 Å². The van der Waals surface area contributed by atoms with Gasteiger partial charge in [0.05, 0.1) is 11.6 Å². The number of ether oxygens (including phenoxy) is 4. The van der Waals surface area contributed by atoms with Crippen LogP contribution in [0, 0.1) is 11.8 Å². The van der Waals surface area contributed by atoms with Crippen molar-refractivity contribution >= 4 is 29.9 Å². The van der Waals surface area contributed by atoms with Crippen LogP contribution in [0.15, 0.2) is 42.6 Å². The van der Waals surface area contributed by atoms with Gasteiger partial charge < -0.3 is 29.6 Å². The molecule has 2 amide bonds. The van der Waals surface area contributed by atoms with Crippen molar-refractivity contribution < 1.29 is 38.1 Å². The van der Waals surface area contributed by atoms with E-state index in [0.717, 1.165) is 0 Å². The van der Waals surface area contributed by atoms with Gasteiger partial charge in [-0.05, 0) is 38.0 Å². The van der Waals surface area contributed by atoms with Crippen molar-refractivity contribution in [3.05, 3.63) is 48.3 Å². The number of pyridine rings is 1. The van der Waals surface area contributed by atoms with Gasteiger partial charge in [0.2, 0.25) is 13.2 Å². The Balaban J connectivity index is 2.09. The van der Waals surface area contributed by atoms with Crippen LogP contribution in [0.25, 0.3) is 0 Å². The van der Waals surface area contributed by atoms with Gasteiger partial charge >= 0.3 is 11.9 Å². The molecule has 1 heterocycles. The molecule has 206 valence electrons. The van der Waals surface area contributed by atoms with Gasteiger partial charge in [-0.1, -0.05) is 45.9 Å². The molecule has 2 aromatic rings. The molecule has 11 nitrogen and oxygen atoms in total. The predicted octanol–water partition coefficient (Wildman–Crippen LogP) is 3.34. The largest absolute Gasteiger partial charge is 0.486 e. The number of anilines is 1. The smallest absolute Gasteiger partial charge is 0.328 e. The first-order valence-corrected chi connectivity index (χ1v) is 12.3. The van der Waals surface area contributed by atoms with Crippen LogP contribution in [-0.2, 0) is 23.9 Å². The van der Waals surface area contributed by atoms with Crippen LogP contribution in [0.3, 0.4) is 0 Å². The van der Waals surface area contributed by atoms with E-state index < -0.39 is 42.9 Å². The number of carbonyl (C=O) groups excluding carboxylic acids is 4. The lowest BCUT2D eigenvalue weighted by atomic mass is 10.0. The highest BCUT2D eigenvalue weighted by atomic mass is 16.7. The first-order chi connectivity index (χ1) is 18.0. The SMILES string of the molecule is CC(C)C(=O)OCOc1c(NC=O)ccnc1C(=O)NC(C)C(=O)OC(C)C(Oc1ccccc1)C(C)C. The maximum Gasteiger partial charge on any atom is 0.328 e. The van der Waals surface area contributed by atoms with Crippen LogP contribution in [0.4, 0.5) is 5.69 Å². The van der Waals surface area contributed by atoms with Crippen LogP contribution in [0.1, 0.15) is 52.0 Å². The lowest BCUT2D eigenvalue weighted by Gasteiger charge is -2.29. The number of carbonyl (C=O) groups is 4. The third-order valence-electron chi connectivity index (χ3n) is 5.35. The van der Waals surface area contributed by atoms with E-state index in [1.807, 2.05) is 44.2 Å². The second-order valence-electron chi connectivity index (χ2n) is 9.16. The van der Waals surface area contributed by atoms with Gasteiger partial charge in [-0.15, -0.1) is 0 Å². The molecule has 0 radical (unpaired) electrons. The van der Waals surface area contributed by atoms with Crippen molar-refractivity contribution in [1.29, 1.82) is 0 Å². The molecule has 0 spiro atoms. The molecule has 11 heteroatoms. The molecule has 0 aliphatic carbocycles. The average Bonchev–Trinajstić information content (AvgIpc) is 2.88. The summed E-state index contributed by atoms with van der Waals surface area (Å²) >= 11 is 0. The zero-order valence-corrected chi connectivity index (χ0v) is 22.4. The van der Waals surface area contributed by atoms with Crippen molar-refractivity contribution in [2.75, 3.05) is 12.1 Å². The number of benzene rings is 1. The molecule has 3 unspecified atom stereocenters. The molecule has 2 rings (SSSR count). The maximum absolute atomic E-state index is 13.0. The van der Waals surface area contributed by atoms with E-state index >= 15 is 0 Å². The molecule has 1 aromatic carbocycles. The third kappa shape index (κ3) is 8.75. The van der Waals surface area contributed by atoms with Crippen molar-refractivity contribution in [3.8, 4) is 11.5 Å². The molecule has 3 atom stereocenters. The zero-order valence-electron chi connectivity index (χ0n) is 22.4. The van der Waals surface area contributed by atoms with Gasteiger partial charge in [0.1, 0.15) is 24.0 Å². The van der Waals surface area contributed by atoms with Gasteiger partial charge in [0.25, 0.3) is 5.91 Å². The fraction of sp³-hybridized carbons (Fsp3) is 0.444. The highest BCUT2D eigenvalue weighted by molar-refractivity contribution is 5.99. The lowest BCUT2D eigenvalue weighted by Crippen LogP contribution is -2.44. The molecule has 0 aliphatic heterocycles. The third-order valence-corrected chi connectivity index (χ3v) is 5.35. The van der Waals surface area contributed by atoms with Gasteiger partial charge in [-0.2, -0.15) is 0 Å². The Morgan fingerprint density at radius 3 is 2.26 bits per heavy atom. The van der Waals surface area contributed by atoms with Crippen molar-refractivity contribution in [2.24, 2.45) is 11.8 Å². The summed E-state index contributed by atoms with van der Waals surface area (Å²) in [5, 5.41) is 4.93. The predicted molar refractivity (Wildman–Crippen MR) is 139 cm³/mol. The van der Waals surface area contributed by atoms with Crippen molar-refractivity contribution in [1.82, 2.24) is 10.3 Å². The van der Waals surface area contributed by atoms with E-state index in [0.29, 0.717) is 12.2 Å². The highest BCUT2D eigenvalue weighted by Crippen LogP contribution is 2.27. The second-order valence-corrected chi connectivity index (χ2v) is 9.16. The van der Waals surface area contributed by atoms with E-state index in [2.05, 4.69) is 15.6 Å². The summed E-state index contributed by atoms with van der Waals surface area (Å²) in [6, 6.07) is 9.56. The van der Waals surface area contributed by atoms with E-state index in [-0.39, 0.29) is 29.0 Å². The van der Waals surface area contributed by atoms with Crippen molar-refractivity contribution in [2.45, 2.75) is 59.8 Å². The van der Waals surface area contributed by atoms with Gasteiger partial charge in [-0.3, -0.25) is 14.4 Å². The molecule has 38 heavy (non-hydrogen) atoms. The van der Waals surface area contributed by atoms with Crippen LogP contribution >= 0.6 is 0 Å². The Labute approximate surface area is 222 Å². The van der Waals surface area contributed by atoms with Crippen LogP contribution in [0.5, 0.6) is 11.5 Å². The van der Waals surface area contributed by atoms with Crippen LogP contribution < -0.4 is 20.1 Å². The number of esters is 2. The maximum atomic E-state index is 13.0. The summed E-state index contributed by atoms with van der Waals surface area (Å²) < 4.78 is 22.1. The Bertz CT molecular complexity index is 1090. The number of nitrogens with one attached hydrogen (secondary N) is 2. The minimum absolute atomic E-state index is 0.0321. The number of rotatable bonds is 14. The summed E-state index contributed by atoms with van der Waals surface area (Å²) in [6.07, 6.45) is 0.640. The molecular weight excluding hydrogens is 494 g/mol. The molecule has 0 saturated heterocycles. The fourth-order valence-electron chi connectivity index (χ4n) is 3.35. The van der Waals surface area contributed by atoms with Gasteiger partial charge in [0.15, 0.2) is 11.4 Å². The fourth-order valence-corrected chi connectivity index (χ4v) is 3.35. The lowest BCUT2D eigenvalue weighted by molar-refractivity contribution is -0.156. The van der Waals surface area contributed by atoms with E-state index in [1.165, 1.54) is 19.2 Å². The van der Waals surface area contributed by atoms with Crippen molar-refractivity contribution in [3.63, 3.8) is 0 Å². The summed E-state index contributed by atoms with van der Waals surface area (Å²) in [6.45, 7) is 9.90. The molecule has 0 bridgehead atoms. The Morgan fingerprint density at radius 1 is 0.974 bits per heavy atom. The van der Waals surface area contributed by atoms with E-state index in [1.54, 1.807) is 20.8 Å². The first-order valence-electron chi connectivity index (χ1n) is 12.3. The summed E-state index contributed by atoms with van der Waals surface area (Å²) in [4.78, 5) is 52.6. The number of amides is 2. The Hall–Kier alpha value is -4.15. The first kappa shape index (κ1) is 30.1. The van der Waals surface area contributed by atoms with Gasteiger partial charge in [-0.25, -0.2) is 9.78 Å². The number of nitrogens with zero attached hydrogens (tertiary/aromatic N) is 1. The molecule has 0 fully saturated rings. The van der Waals surface area contributed by atoms with Crippen LogP contribution in [-0.4, -0.2) is 54.3 Å². The summed E-state index contributed by atoms with van der Waals surface area (Å²) in [5.74, 6) is -1.77. The molecule has 1 aromatic heterocycles. The minimum atomic E-state index is -1.05. The summed E-state index contributed by atoms with van der Waals surface area (Å²) in [7, 11) is 0. The highest BCUT2D eigenvalue weighted by Gasteiger charge is 2.29. The number of hydrogen-bond acceptors (Lipinski definition) is 9. The topological polar surface area (TPSA) is 142 Å². The number of hydrogen-bond donors (Lipinski definition) is 2. The van der Waals surface area contributed by atoms with Crippen LogP contribution in [0.2, 0.25) is 0 Å².